The number of primary amides is 2. The second-order valence-corrected chi connectivity index (χ2v) is 19.5. The third-order valence-corrected chi connectivity index (χ3v) is 13.3. The number of guanidine groups is 2. The number of Topliss-reactive ketones (excluding diaryl/α,β-unsaturated/α-hetero) is 1. The molecule has 0 aromatic heterocycles. The van der Waals surface area contributed by atoms with Crippen LogP contribution in [0.1, 0.15) is 64.7 Å². The Balaban J connectivity index is 3.84. The molecular formula is C40H72N18O12S3. The zero-order chi connectivity index (χ0) is 55.2. The van der Waals surface area contributed by atoms with Crippen molar-refractivity contribution in [2.45, 2.75) is 113 Å². The molecule has 0 spiro atoms. The number of carbonyl (C=O) groups is 11. The molecule has 1 aliphatic rings. The highest BCUT2D eigenvalue weighted by Crippen LogP contribution is 2.23. The molecule has 9 atom stereocenters. The molecule has 412 valence electrons. The molecule has 0 aliphatic carbocycles. The number of hydrogen-bond acceptors (Lipinski definition) is 19. The average molecular weight is 1090 g/mol. The highest BCUT2D eigenvalue weighted by molar-refractivity contribution is 8.76. The molecular weight excluding hydrogens is 1020 g/mol. The van der Waals surface area contributed by atoms with Crippen LogP contribution >= 0.6 is 34.2 Å². The van der Waals surface area contributed by atoms with Gasteiger partial charge in [-0.25, -0.2) is 0 Å². The van der Waals surface area contributed by atoms with Crippen LogP contribution in [-0.4, -0.2) is 180 Å². The molecule has 9 unspecified atom stereocenters. The third-order valence-electron chi connectivity index (χ3n) is 10.5. The van der Waals surface area contributed by atoms with E-state index in [9.17, 15) is 57.8 Å². The van der Waals surface area contributed by atoms with Crippen LogP contribution in [0.2, 0.25) is 0 Å². The number of amides is 10. The maximum absolute atomic E-state index is 14.1. The van der Waals surface area contributed by atoms with Crippen LogP contribution in [0.25, 0.3) is 0 Å². The summed E-state index contributed by atoms with van der Waals surface area (Å²) in [6, 6.07) is -9.84. The topological polar surface area (TPSA) is 537 Å². The molecule has 0 saturated carbocycles. The third kappa shape index (κ3) is 26.9. The quantitative estimate of drug-likeness (QED) is 0.0188. The van der Waals surface area contributed by atoms with Gasteiger partial charge in [0.25, 0.3) is 0 Å². The lowest BCUT2D eigenvalue weighted by molar-refractivity contribution is -0.137. The minimum atomic E-state index is -1.71. The Kier molecular flexibility index (Phi) is 31.2. The fourth-order valence-electron chi connectivity index (χ4n) is 6.47. The van der Waals surface area contributed by atoms with Crippen LogP contribution in [0.15, 0.2) is 9.98 Å². The van der Waals surface area contributed by atoms with Gasteiger partial charge in [-0.3, -0.25) is 62.7 Å². The Morgan fingerprint density at radius 2 is 1.19 bits per heavy atom. The highest BCUT2D eigenvalue weighted by Gasteiger charge is 2.35. The van der Waals surface area contributed by atoms with Crippen molar-refractivity contribution >= 4 is 111 Å². The van der Waals surface area contributed by atoms with Crippen LogP contribution < -0.4 is 88.4 Å². The highest BCUT2D eigenvalue weighted by atomic mass is 33.1. The summed E-state index contributed by atoms with van der Waals surface area (Å²) < 4.78 is 0. The Labute approximate surface area is 434 Å². The number of carbonyl (C=O) groups excluding carboxylic acids is 11. The maximum Gasteiger partial charge on any atom is 0.243 e. The molecule has 1 fully saturated rings. The maximum atomic E-state index is 14.1. The predicted molar refractivity (Wildman–Crippen MR) is 275 cm³/mol. The largest absolute Gasteiger partial charge is 0.393 e. The van der Waals surface area contributed by atoms with Gasteiger partial charge in [-0.1, -0.05) is 21.6 Å². The summed E-state index contributed by atoms with van der Waals surface area (Å²) in [5.41, 5.74) is 44.2. The number of aliphatic imine (C=N–C) groups is 2. The predicted octanol–water partition coefficient (Wildman–Crippen LogP) is -8.67. The Hall–Kier alpha value is -6.16. The van der Waals surface area contributed by atoms with Gasteiger partial charge in [-0.2, -0.15) is 12.6 Å². The molecule has 1 saturated heterocycles. The Morgan fingerprint density at radius 1 is 0.685 bits per heavy atom. The number of aliphatic hydroxyl groups excluding tert-OH is 1. The van der Waals surface area contributed by atoms with Crippen molar-refractivity contribution in [3.8, 4) is 0 Å². The normalized spacial score (nSPS) is 23.8. The van der Waals surface area contributed by atoms with E-state index in [1.165, 1.54) is 6.92 Å². The van der Waals surface area contributed by atoms with Gasteiger partial charge in [0.1, 0.15) is 30.2 Å². The lowest BCUT2D eigenvalue weighted by atomic mass is 9.91. The van der Waals surface area contributed by atoms with Crippen LogP contribution in [0.5, 0.6) is 0 Å². The number of unbranched alkanes of at least 4 members (excludes halogenated alkanes) is 1. The van der Waals surface area contributed by atoms with Gasteiger partial charge < -0.3 is 93.5 Å². The zero-order valence-corrected chi connectivity index (χ0v) is 43.0. The summed E-state index contributed by atoms with van der Waals surface area (Å²) in [6.07, 6.45) is -2.53. The van der Waals surface area contributed by atoms with E-state index in [4.69, 9.17) is 45.9 Å². The van der Waals surface area contributed by atoms with E-state index in [-0.39, 0.29) is 87.3 Å². The van der Waals surface area contributed by atoms with Crippen LogP contribution in [-0.2, 0) is 52.7 Å². The second kappa shape index (κ2) is 35.1. The minimum absolute atomic E-state index is 0.00702. The number of ketones is 1. The Bertz CT molecular complexity index is 1980. The standard InChI is InChI=1S/C40H72N18O12S3/c1-19(59)20-12-28(60)22(7-4-10-49-39(45)46)55-37(69)24(6-2-3-9-41)57-38(70)25(13-29(43)61)53-30(62)14-52-36(68)27(58-34(66)21(42)16-71)18-73-72-17-26(32(44)64)54-31(63)15-51-35(67)23(56-33(20)65)8-5-11-50-40(47)48/h19-27,59,71H,2-18,41-42H2,1H3,(H2,43,61)(H2,44,64)(H,51,67)(H,52,68)(H,53,62)(H,54,63)(H,55,69)(H,56,65)(H,57,70)(H,58,66)(H4,45,46,49)(H4,47,48,50). The first-order chi connectivity index (χ1) is 34.4. The van der Waals surface area contributed by atoms with E-state index < -0.39 is 145 Å². The number of aliphatic hydroxyl groups is 1. The monoisotopic (exact) mass is 1090 g/mol. The van der Waals surface area contributed by atoms with Gasteiger partial charge in [-0.15, -0.1) is 0 Å². The SMILES string of the molecule is CC(O)C1CC(=O)C(CCCN=C(N)N)NC(=O)C(CCCCN)NC(=O)C(CC(N)=O)NC(=O)CNC(=O)C(NC(=O)C(N)CS)CSSCC(C(N)=O)NC(=O)CNC(=O)C(CCCN=C(N)N)NC1=O. The number of nitrogens with one attached hydrogen (secondary N) is 8. The molecule has 1 aliphatic heterocycles. The van der Waals surface area contributed by atoms with Crippen molar-refractivity contribution in [2.75, 3.05) is 50.0 Å². The summed E-state index contributed by atoms with van der Waals surface area (Å²) in [7, 11) is 1.88. The molecule has 0 bridgehead atoms. The lowest BCUT2D eigenvalue weighted by Gasteiger charge is -2.27. The smallest absolute Gasteiger partial charge is 0.243 e. The first-order valence-corrected chi connectivity index (χ1v) is 26.1. The van der Waals surface area contributed by atoms with Crippen molar-refractivity contribution < 1.29 is 57.8 Å². The van der Waals surface area contributed by atoms with Crippen molar-refractivity contribution in [3.63, 3.8) is 0 Å². The van der Waals surface area contributed by atoms with Crippen molar-refractivity contribution in [2.24, 2.45) is 61.8 Å². The van der Waals surface area contributed by atoms with Gasteiger partial charge >= 0.3 is 0 Å². The van der Waals surface area contributed by atoms with Gasteiger partial charge in [0.05, 0.1) is 43.6 Å². The molecule has 0 aromatic carbocycles. The van der Waals surface area contributed by atoms with Gasteiger partial charge in [-0.05, 0) is 58.4 Å². The Morgan fingerprint density at radius 3 is 1.74 bits per heavy atom. The molecule has 1 rings (SSSR count). The van der Waals surface area contributed by atoms with Crippen molar-refractivity contribution in [3.05, 3.63) is 0 Å². The summed E-state index contributed by atoms with van der Waals surface area (Å²) in [4.78, 5) is 154. The number of rotatable bonds is 19. The molecule has 73 heavy (non-hydrogen) atoms. The van der Waals surface area contributed by atoms with Crippen LogP contribution in [0.4, 0.5) is 0 Å². The number of nitrogens with zero attached hydrogens (tertiary/aromatic N) is 2. The van der Waals surface area contributed by atoms with E-state index in [0.717, 1.165) is 21.6 Å². The molecule has 30 nitrogen and oxygen atoms in total. The molecule has 25 N–H and O–H groups in total. The molecule has 0 radical (unpaired) electrons. The minimum Gasteiger partial charge on any atom is -0.393 e. The van der Waals surface area contributed by atoms with Gasteiger partial charge in [0.15, 0.2) is 17.7 Å². The fraction of sp³-hybridized carbons (Fsp3) is 0.675. The van der Waals surface area contributed by atoms with E-state index in [0.29, 0.717) is 6.42 Å². The van der Waals surface area contributed by atoms with Crippen LogP contribution in [0, 0.1) is 5.92 Å². The summed E-state index contributed by atoms with van der Waals surface area (Å²) in [5.74, 6) is -12.9. The van der Waals surface area contributed by atoms with Gasteiger partial charge in [0.2, 0.25) is 59.1 Å². The van der Waals surface area contributed by atoms with E-state index in [1.54, 1.807) is 0 Å². The van der Waals surface area contributed by atoms with Crippen molar-refractivity contribution in [1.82, 2.24) is 42.5 Å². The van der Waals surface area contributed by atoms with Crippen molar-refractivity contribution in [1.29, 1.82) is 0 Å². The first-order valence-electron chi connectivity index (χ1n) is 23.0. The summed E-state index contributed by atoms with van der Waals surface area (Å²) >= 11 is 4.00. The zero-order valence-electron chi connectivity index (χ0n) is 40.4. The first kappa shape index (κ1) is 64.9. The summed E-state index contributed by atoms with van der Waals surface area (Å²) in [5, 5.41) is 30.2. The number of thiol groups is 1. The van der Waals surface area contributed by atoms with Crippen LogP contribution in [0.3, 0.4) is 0 Å². The molecule has 10 amide bonds. The molecule has 0 aromatic rings. The second-order valence-electron chi connectivity index (χ2n) is 16.6. The molecule has 1 heterocycles. The van der Waals surface area contributed by atoms with E-state index >= 15 is 0 Å². The number of hydrogen-bond donors (Lipinski definition) is 18. The van der Waals surface area contributed by atoms with E-state index in [2.05, 4.69) is 65.1 Å². The molecule has 33 heteroatoms. The van der Waals surface area contributed by atoms with Gasteiger partial charge in [0, 0.05) is 36.8 Å². The lowest BCUT2D eigenvalue weighted by Crippen LogP contribution is -2.58. The average Bonchev–Trinajstić information content (AvgIpc) is 3.32. The summed E-state index contributed by atoms with van der Waals surface area (Å²) in [6.45, 7) is -0.143. The van der Waals surface area contributed by atoms with E-state index in [1.807, 2.05) is 0 Å². The number of nitrogens with two attached hydrogens (primary N) is 8. The fourth-order valence-corrected chi connectivity index (χ4v) is 8.98.